The minimum atomic E-state index is -0.834. The topological polar surface area (TPSA) is 49.7 Å². The summed E-state index contributed by atoms with van der Waals surface area (Å²) in [5.41, 5.74) is 1.25. The third-order valence-corrected chi connectivity index (χ3v) is 4.18. The van der Waals surface area contributed by atoms with E-state index in [-0.39, 0.29) is 5.75 Å². The standard InChI is InChI=1S/C21H28O3/c1-2-3-4-5-6-10-15-24-18-13-14-19(20(22)16-18)21(23)17-11-8-7-9-12-17/h7-9,11-14,16,21-23H,2-6,10,15H2,1H3. The second kappa shape index (κ2) is 9.99. The summed E-state index contributed by atoms with van der Waals surface area (Å²) in [6.07, 6.45) is 6.49. The number of phenols is 1. The van der Waals surface area contributed by atoms with Crippen LogP contribution in [0.15, 0.2) is 48.5 Å². The van der Waals surface area contributed by atoms with Gasteiger partial charge in [-0.15, -0.1) is 0 Å². The van der Waals surface area contributed by atoms with Crippen LogP contribution in [0, 0.1) is 0 Å². The molecule has 0 fully saturated rings. The maximum Gasteiger partial charge on any atom is 0.125 e. The first-order chi connectivity index (χ1) is 11.7. The molecule has 3 nitrogen and oxygen atoms in total. The number of phenolic OH excluding ortho intramolecular Hbond substituents is 1. The molecule has 0 aliphatic carbocycles. The average Bonchev–Trinajstić information content (AvgIpc) is 2.61. The van der Waals surface area contributed by atoms with Crippen LogP contribution in [0.25, 0.3) is 0 Å². The molecule has 0 bridgehead atoms. The van der Waals surface area contributed by atoms with Crippen molar-refractivity contribution >= 4 is 0 Å². The molecule has 2 N–H and O–H groups in total. The van der Waals surface area contributed by atoms with Crippen molar-refractivity contribution in [3.8, 4) is 11.5 Å². The third-order valence-electron chi connectivity index (χ3n) is 4.18. The molecule has 3 heteroatoms. The van der Waals surface area contributed by atoms with E-state index in [1.54, 1.807) is 18.2 Å². The number of hydrogen-bond acceptors (Lipinski definition) is 3. The summed E-state index contributed by atoms with van der Waals surface area (Å²) in [5.74, 6) is 0.705. The van der Waals surface area contributed by atoms with Crippen LogP contribution in [0.5, 0.6) is 11.5 Å². The molecule has 0 saturated carbocycles. The predicted octanol–water partition coefficient (Wildman–Crippen LogP) is 5.21. The van der Waals surface area contributed by atoms with Gasteiger partial charge in [-0.05, 0) is 24.1 Å². The van der Waals surface area contributed by atoms with Gasteiger partial charge in [0.15, 0.2) is 0 Å². The second-order valence-corrected chi connectivity index (χ2v) is 6.15. The first-order valence-electron chi connectivity index (χ1n) is 8.91. The van der Waals surface area contributed by atoms with Crippen molar-refractivity contribution in [3.05, 3.63) is 59.7 Å². The van der Waals surface area contributed by atoms with Crippen molar-refractivity contribution in [2.75, 3.05) is 6.61 Å². The van der Waals surface area contributed by atoms with Crippen LogP contribution in [-0.4, -0.2) is 16.8 Å². The molecule has 0 amide bonds. The number of unbranched alkanes of at least 4 members (excludes halogenated alkanes) is 5. The Balaban J connectivity index is 1.84. The fourth-order valence-electron chi connectivity index (χ4n) is 2.73. The van der Waals surface area contributed by atoms with E-state index >= 15 is 0 Å². The number of rotatable bonds is 10. The van der Waals surface area contributed by atoms with E-state index < -0.39 is 6.10 Å². The first-order valence-corrected chi connectivity index (χ1v) is 8.91. The van der Waals surface area contributed by atoms with Gasteiger partial charge in [0.05, 0.1) is 6.61 Å². The van der Waals surface area contributed by atoms with Gasteiger partial charge >= 0.3 is 0 Å². The lowest BCUT2D eigenvalue weighted by Crippen LogP contribution is -2.01. The van der Waals surface area contributed by atoms with Crippen molar-refractivity contribution in [1.82, 2.24) is 0 Å². The monoisotopic (exact) mass is 328 g/mol. The summed E-state index contributed by atoms with van der Waals surface area (Å²) in [7, 11) is 0. The Bertz CT molecular complexity index is 595. The summed E-state index contributed by atoms with van der Waals surface area (Å²) >= 11 is 0. The largest absolute Gasteiger partial charge is 0.507 e. The van der Waals surface area contributed by atoms with Gasteiger partial charge in [-0.2, -0.15) is 0 Å². The molecule has 1 atom stereocenters. The van der Waals surface area contributed by atoms with Gasteiger partial charge in [0.25, 0.3) is 0 Å². The molecule has 130 valence electrons. The highest BCUT2D eigenvalue weighted by Gasteiger charge is 2.14. The molecule has 0 saturated heterocycles. The molecule has 0 radical (unpaired) electrons. The fraction of sp³-hybridized carbons (Fsp3) is 0.429. The van der Waals surface area contributed by atoms with Gasteiger partial charge in [-0.3, -0.25) is 0 Å². The molecule has 2 aromatic carbocycles. The Morgan fingerprint density at radius 2 is 1.62 bits per heavy atom. The van der Waals surface area contributed by atoms with Crippen molar-refractivity contribution < 1.29 is 14.9 Å². The maximum atomic E-state index is 10.4. The van der Waals surface area contributed by atoms with Crippen molar-refractivity contribution in [3.63, 3.8) is 0 Å². The molecule has 0 heterocycles. The zero-order chi connectivity index (χ0) is 17.2. The average molecular weight is 328 g/mol. The number of aromatic hydroxyl groups is 1. The summed E-state index contributed by atoms with van der Waals surface area (Å²) < 4.78 is 5.69. The molecule has 1 unspecified atom stereocenters. The first kappa shape index (κ1) is 18.3. The molecule has 0 aliphatic heterocycles. The number of ether oxygens (including phenoxy) is 1. The normalized spacial score (nSPS) is 12.1. The molecule has 2 rings (SSSR count). The Morgan fingerprint density at radius 1 is 0.917 bits per heavy atom. The zero-order valence-electron chi connectivity index (χ0n) is 14.4. The summed E-state index contributed by atoms with van der Waals surface area (Å²) in [6, 6.07) is 14.4. The Labute approximate surface area is 144 Å². The molecule has 0 aromatic heterocycles. The summed E-state index contributed by atoms with van der Waals surface area (Å²) in [4.78, 5) is 0. The van der Waals surface area contributed by atoms with Crippen LogP contribution in [-0.2, 0) is 0 Å². The quantitative estimate of drug-likeness (QED) is 0.588. The smallest absolute Gasteiger partial charge is 0.125 e. The van der Waals surface area contributed by atoms with E-state index in [4.69, 9.17) is 4.74 Å². The lowest BCUT2D eigenvalue weighted by atomic mass is 10.0. The van der Waals surface area contributed by atoms with Gasteiger partial charge in [0, 0.05) is 11.6 Å². The van der Waals surface area contributed by atoms with E-state index in [2.05, 4.69) is 6.92 Å². The third kappa shape index (κ3) is 5.57. The van der Waals surface area contributed by atoms with Gasteiger partial charge in [-0.25, -0.2) is 0 Å². The summed E-state index contributed by atoms with van der Waals surface area (Å²) in [6.45, 7) is 2.88. The minimum Gasteiger partial charge on any atom is -0.507 e. The van der Waals surface area contributed by atoms with Crippen molar-refractivity contribution in [2.24, 2.45) is 0 Å². The maximum absolute atomic E-state index is 10.4. The van der Waals surface area contributed by atoms with E-state index in [0.29, 0.717) is 17.9 Å². The van der Waals surface area contributed by atoms with Crippen LogP contribution in [0.3, 0.4) is 0 Å². The van der Waals surface area contributed by atoms with Gasteiger partial charge in [0.1, 0.15) is 17.6 Å². The molecule has 0 aliphatic rings. The Morgan fingerprint density at radius 3 is 2.33 bits per heavy atom. The lowest BCUT2D eigenvalue weighted by Gasteiger charge is -2.14. The predicted molar refractivity (Wildman–Crippen MR) is 97.5 cm³/mol. The Hall–Kier alpha value is -2.00. The van der Waals surface area contributed by atoms with Crippen LogP contribution >= 0.6 is 0 Å². The van der Waals surface area contributed by atoms with Crippen LogP contribution in [0.4, 0.5) is 0 Å². The molecule has 2 aromatic rings. The highest BCUT2D eigenvalue weighted by Crippen LogP contribution is 2.32. The minimum absolute atomic E-state index is 0.0619. The van der Waals surface area contributed by atoms with E-state index in [1.807, 2.05) is 30.3 Å². The van der Waals surface area contributed by atoms with Crippen molar-refractivity contribution in [2.45, 2.75) is 51.6 Å². The number of hydrogen-bond donors (Lipinski definition) is 2. The van der Waals surface area contributed by atoms with E-state index in [1.165, 1.54) is 32.1 Å². The van der Waals surface area contributed by atoms with Gasteiger partial charge in [0.2, 0.25) is 0 Å². The fourth-order valence-corrected chi connectivity index (χ4v) is 2.73. The Kier molecular flexibility index (Phi) is 7.63. The zero-order valence-corrected chi connectivity index (χ0v) is 14.4. The summed E-state index contributed by atoms with van der Waals surface area (Å²) in [5, 5.41) is 20.6. The lowest BCUT2D eigenvalue weighted by molar-refractivity contribution is 0.215. The molecule has 24 heavy (non-hydrogen) atoms. The highest BCUT2D eigenvalue weighted by atomic mass is 16.5. The highest BCUT2D eigenvalue weighted by molar-refractivity contribution is 5.44. The number of aliphatic hydroxyl groups is 1. The van der Waals surface area contributed by atoms with Crippen LogP contribution in [0.1, 0.15) is 62.7 Å². The number of benzene rings is 2. The van der Waals surface area contributed by atoms with E-state index in [0.717, 1.165) is 12.0 Å². The van der Waals surface area contributed by atoms with Gasteiger partial charge in [-0.1, -0.05) is 69.4 Å². The second-order valence-electron chi connectivity index (χ2n) is 6.15. The molecular weight excluding hydrogens is 300 g/mol. The van der Waals surface area contributed by atoms with Crippen molar-refractivity contribution in [1.29, 1.82) is 0 Å². The van der Waals surface area contributed by atoms with Crippen LogP contribution < -0.4 is 4.74 Å². The van der Waals surface area contributed by atoms with Gasteiger partial charge < -0.3 is 14.9 Å². The SMILES string of the molecule is CCCCCCCCOc1ccc(C(O)c2ccccc2)c(O)c1. The number of aliphatic hydroxyl groups excluding tert-OH is 1. The molecular formula is C21H28O3. The van der Waals surface area contributed by atoms with E-state index in [9.17, 15) is 10.2 Å². The molecule has 0 spiro atoms. The van der Waals surface area contributed by atoms with Crippen LogP contribution in [0.2, 0.25) is 0 Å².